The molecule has 3 nitrogen and oxygen atoms in total. The summed E-state index contributed by atoms with van der Waals surface area (Å²) in [6.45, 7) is 8.01. The van der Waals surface area contributed by atoms with Gasteiger partial charge in [-0.2, -0.15) is 0 Å². The summed E-state index contributed by atoms with van der Waals surface area (Å²) in [7, 11) is 0. The Morgan fingerprint density at radius 2 is 2.07 bits per heavy atom. The molecule has 1 N–H and O–H groups in total. The molecule has 0 spiro atoms. The molecule has 1 heterocycles. The lowest BCUT2D eigenvalue weighted by atomic mass is 10.0. The molecule has 0 amide bonds. The van der Waals surface area contributed by atoms with Crippen LogP contribution in [0.2, 0.25) is 0 Å². The quantitative estimate of drug-likeness (QED) is 0.801. The molecule has 0 fully saturated rings. The van der Waals surface area contributed by atoms with Crippen LogP contribution in [0.4, 0.5) is 0 Å². The topological polar surface area (TPSA) is 45.8 Å². The highest BCUT2D eigenvalue weighted by atomic mass is 16.1. The molecular formula is C11H18N2O. The molecule has 0 aliphatic rings. The Labute approximate surface area is 84.6 Å². The molecule has 0 aromatic carbocycles. The minimum atomic E-state index is 0.0240. The number of nitrogens with zero attached hydrogens (tertiary/aromatic N) is 1. The van der Waals surface area contributed by atoms with E-state index in [0.29, 0.717) is 0 Å². The van der Waals surface area contributed by atoms with Crippen molar-refractivity contribution in [1.29, 1.82) is 0 Å². The van der Waals surface area contributed by atoms with Crippen LogP contribution in [0.3, 0.4) is 0 Å². The first-order valence-corrected chi connectivity index (χ1v) is 5.16. The van der Waals surface area contributed by atoms with Crippen LogP contribution in [-0.4, -0.2) is 9.97 Å². The number of nitrogens with one attached hydrogen (secondary N) is 1. The van der Waals surface area contributed by atoms with Gasteiger partial charge in [0.15, 0.2) is 0 Å². The van der Waals surface area contributed by atoms with Gasteiger partial charge in [-0.15, -0.1) is 0 Å². The third-order valence-corrected chi connectivity index (χ3v) is 2.26. The molecule has 1 rings (SSSR count). The lowest BCUT2D eigenvalue weighted by Gasteiger charge is -2.08. The Morgan fingerprint density at radius 1 is 1.43 bits per heavy atom. The number of aromatic amines is 1. The predicted octanol–water partition coefficient (Wildman–Crippen LogP) is 2.15. The zero-order valence-corrected chi connectivity index (χ0v) is 9.35. The summed E-state index contributed by atoms with van der Waals surface area (Å²) in [5, 5.41) is 0. The van der Waals surface area contributed by atoms with Crippen molar-refractivity contribution in [3.63, 3.8) is 0 Å². The van der Waals surface area contributed by atoms with Crippen molar-refractivity contribution in [2.75, 3.05) is 0 Å². The fourth-order valence-electron chi connectivity index (χ4n) is 1.69. The predicted molar refractivity (Wildman–Crippen MR) is 57.7 cm³/mol. The van der Waals surface area contributed by atoms with E-state index >= 15 is 0 Å². The van der Waals surface area contributed by atoms with Gasteiger partial charge in [-0.3, -0.25) is 4.79 Å². The normalized spacial score (nSPS) is 10.9. The van der Waals surface area contributed by atoms with Crippen LogP contribution in [0.5, 0.6) is 0 Å². The molecule has 0 radical (unpaired) electrons. The Morgan fingerprint density at radius 3 is 2.50 bits per heavy atom. The maximum absolute atomic E-state index is 11.7. The zero-order chi connectivity index (χ0) is 10.7. The van der Waals surface area contributed by atoms with Crippen LogP contribution in [0, 0.1) is 6.92 Å². The third kappa shape index (κ3) is 2.22. The molecule has 0 aliphatic carbocycles. The largest absolute Gasteiger partial charge is 0.310 e. The minimum absolute atomic E-state index is 0.0240. The van der Waals surface area contributed by atoms with Gasteiger partial charge >= 0.3 is 0 Å². The first-order chi connectivity index (χ1) is 6.56. The summed E-state index contributed by atoms with van der Waals surface area (Å²) in [5.41, 5.74) is 1.70. The lowest BCUT2D eigenvalue weighted by Crippen LogP contribution is -2.19. The van der Waals surface area contributed by atoms with Crippen molar-refractivity contribution in [2.24, 2.45) is 0 Å². The Bertz CT molecular complexity index is 366. The van der Waals surface area contributed by atoms with E-state index in [1.54, 1.807) is 0 Å². The molecule has 0 saturated carbocycles. The van der Waals surface area contributed by atoms with Crippen LogP contribution in [-0.2, 0) is 6.42 Å². The Balaban J connectivity index is 3.19. The van der Waals surface area contributed by atoms with Crippen molar-refractivity contribution in [1.82, 2.24) is 9.97 Å². The summed E-state index contributed by atoms with van der Waals surface area (Å²) in [6, 6.07) is 0. The number of rotatable bonds is 3. The maximum Gasteiger partial charge on any atom is 0.254 e. The molecule has 3 heteroatoms. The van der Waals surface area contributed by atoms with E-state index in [0.717, 1.165) is 29.9 Å². The van der Waals surface area contributed by atoms with E-state index in [1.165, 1.54) is 0 Å². The summed E-state index contributed by atoms with van der Waals surface area (Å²) in [6.07, 6.45) is 1.85. The van der Waals surface area contributed by atoms with Gasteiger partial charge in [-0.1, -0.05) is 20.8 Å². The second-order valence-electron chi connectivity index (χ2n) is 3.92. The van der Waals surface area contributed by atoms with E-state index in [4.69, 9.17) is 0 Å². The summed E-state index contributed by atoms with van der Waals surface area (Å²) < 4.78 is 0. The van der Waals surface area contributed by atoms with Gasteiger partial charge in [0.25, 0.3) is 5.56 Å². The van der Waals surface area contributed by atoms with Gasteiger partial charge in [0.05, 0.1) is 0 Å². The van der Waals surface area contributed by atoms with Gasteiger partial charge in [-0.25, -0.2) is 4.98 Å². The summed E-state index contributed by atoms with van der Waals surface area (Å²) >= 11 is 0. The highest BCUT2D eigenvalue weighted by Crippen LogP contribution is 2.12. The number of hydrogen-bond donors (Lipinski definition) is 1. The number of aromatic nitrogens is 2. The molecule has 0 aliphatic heterocycles. The van der Waals surface area contributed by atoms with E-state index in [9.17, 15) is 4.79 Å². The van der Waals surface area contributed by atoms with Crippen LogP contribution in [0.1, 0.15) is 50.2 Å². The second-order valence-corrected chi connectivity index (χ2v) is 3.92. The van der Waals surface area contributed by atoms with E-state index in [1.807, 2.05) is 20.8 Å². The van der Waals surface area contributed by atoms with Crippen molar-refractivity contribution in [2.45, 2.75) is 46.5 Å². The van der Waals surface area contributed by atoms with E-state index < -0.39 is 0 Å². The summed E-state index contributed by atoms with van der Waals surface area (Å²) in [5.74, 6) is 1.04. The van der Waals surface area contributed by atoms with Gasteiger partial charge in [0, 0.05) is 17.7 Å². The van der Waals surface area contributed by atoms with Crippen LogP contribution < -0.4 is 5.56 Å². The monoisotopic (exact) mass is 194 g/mol. The van der Waals surface area contributed by atoms with Crippen LogP contribution in [0.25, 0.3) is 0 Å². The van der Waals surface area contributed by atoms with Gasteiger partial charge in [-0.05, 0) is 19.3 Å². The SMILES string of the molecule is CCCc1nc(C)c(C(C)C)c(=O)[nH]1. The molecule has 0 bridgehead atoms. The van der Waals surface area contributed by atoms with E-state index in [2.05, 4.69) is 16.9 Å². The van der Waals surface area contributed by atoms with Gasteiger partial charge in [0.2, 0.25) is 0 Å². The minimum Gasteiger partial charge on any atom is -0.310 e. The molecule has 78 valence electrons. The number of aryl methyl sites for hydroxylation is 2. The number of H-pyrrole nitrogens is 1. The molecule has 0 saturated heterocycles. The molecule has 0 atom stereocenters. The smallest absolute Gasteiger partial charge is 0.254 e. The third-order valence-electron chi connectivity index (χ3n) is 2.26. The van der Waals surface area contributed by atoms with Crippen molar-refractivity contribution < 1.29 is 0 Å². The Kier molecular flexibility index (Phi) is 3.44. The highest BCUT2D eigenvalue weighted by Gasteiger charge is 2.10. The number of hydrogen-bond acceptors (Lipinski definition) is 2. The fraction of sp³-hybridized carbons (Fsp3) is 0.636. The van der Waals surface area contributed by atoms with Crippen molar-refractivity contribution in [3.05, 3.63) is 27.4 Å². The molecule has 1 aromatic heterocycles. The molecule has 1 aromatic rings. The average molecular weight is 194 g/mol. The second kappa shape index (κ2) is 4.40. The first kappa shape index (κ1) is 11.0. The maximum atomic E-state index is 11.7. The summed E-state index contributed by atoms with van der Waals surface area (Å²) in [4.78, 5) is 18.9. The van der Waals surface area contributed by atoms with E-state index in [-0.39, 0.29) is 11.5 Å². The first-order valence-electron chi connectivity index (χ1n) is 5.16. The molecular weight excluding hydrogens is 176 g/mol. The van der Waals surface area contributed by atoms with Crippen molar-refractivity contribution in [3.8, 4) is 0 Å². The molecule has 0 unspecified atom stereocenters. The molecule has 14 heavy (non-hydrogen) atoms. The van der Waals surface area contributed by atoms with Crippen LogP contribution >= 0.6 is 0 Å². The van der Waals surface area contributed by atoms with Crippen LogP contribution in [0.15, 0.2) is 4.79 Å². The highest BCUT2D eigenvalue weighted by molar-refractivity contribution is 5.19. The van der Waals surface area contributed by atoms with Gasteiger partial charge in [0.1, 0.15) is 5.82 Å². The Hall–Kier alpha value is -1.12. The standard InChI is InChI=1S/C11H18N2O/c1-5-6-9-12-8(4)10(7(2)3)11(14)13-9/h7H,5-6H2,1-4H3,(H,12,13,14). The van der Waals surface area contributed by atoms with Crippen molar-refractivity contribution >= 4 is 0 Å². The lowest BCUT2D eigenvalue weighted by molar-refractivity contribution is 0.763. The fourth-order valence-corrected chi connectivity index (χ4v) is 1.69. The average Bonchev–Trinajstić information content (AvgIpc) is 2.01. The zero-order valence-electron chi connectivity index (χ0n) is 9.35. The van der Waals surface area contributed by atoms with Gasteiger partial charge < -0.3 is 4.98 Å².